The second-order valence-electron chi connectivity index (χ2n) is 5.59. The van der Waals surface area contributed by atoms with Crippen LogP contribution in [0.15, 0.2) is 35.2 Å². The minimum Gasteiger partial charge on any atom is -0.506 e. The number of rotatable bonds is 7. The van der Waals surface area contributed by atoms with E-state index in [1.54, 1.807) is 18.6 Å². The molecule has 2 heterocycles. The van der Waals surface area contributed by atoms with Crippen molar-refractivity contribution in [3.8, 4) is 0 Å². The maximum Gasteiger partial charge on any atom is 0.253 e. The Bertz CT molecular complexity index is 542. The SMILES string of the molecule is CCCCC(CC)CN1CC(O)=C(O)N=C1c1cnccn1. The van der Waals surface area contributed by atoms with Crippen LogP contribution in [-0.2, 0) is 0 Å². The first-order chi connectivity index (χ1) is 10.7. The van der Waals surface area contributed by atoms with Crippen LogP contribution < -0.4 is 0 Å². The van der Waals surface area contributed by atoms with Crippen LogP contribution in [0.3, 0.4) is 0 Å². The number of nitrogens with zero attached hydrogens (tertiary/aromatic N) is 4. The van der Waals surface area contributed by atoms with Gasteiger partial charge in [-0.15, -0.1) is 0 Å². The molecular weight excluding hydrogens is 280 g/mol. The van der Waals surface area contributed by atoms with Crippen LogP contribution in [0.2, 0.25) is 0 Å². The molecule has 120 valence electrons. The number of unbranched alkanes of at least 4 members (excludes halogenated alkanes) is 1. The summed E-state index contributed by atoms with van der Waals surface area (Å²) in [6, 6.07) is 0. The van der Waals surface area contributed by atoms with E-state index in [-0.39, 0.29) is 18.2 Å². The molecule has 0 aromatic carbocycles. The molecule has 0 amide bonds. The fourth-order valence-electron chi connectivity index (χ4n) is 2.58. The molecule has 6 nitrogen and oxygen atoms in total. The van der Waals surface area contributed by atoms with E-state index in [0.29, 0.717) is 17.4 Å². The van der Waals surface area contributed by atoms with E-state index >= 15 is 0 Å². The number of aliphatic hydroxyl groups excluding tert-OH is 2. The molecule has 1 unspecified atom stereocenters. The van der Waals surface area contributed by atoms with Crippen molar-refractivity contribution in [1.29, 1.82) is 0 Å². The molecule has 1 aliphatic rings. The summed E-state index contributed by atoms with van der Waals surface area (Å²) < 4.78 is 0. The van der Waals surface area contributed by atoms with Gasteiger partial charge in [-0.1, -0.05) is 33.1 Å². The van der Waals surface area contributed by atoms with Gasteiger partial charge in [0, 0.05) is 18.9 Å². The number of aliphatic imine (C=N–C) groups is 1. The molecule has 2 rings (SSSR count). The van der Waals surface area contributed by atoms with Gasteiger partial charge in [0.05, 0.1) is 12.7 Å². The Morgan fingerprint density at radius 2 is 2.09 bits per heavy atom. The van der Waals surface area contributed by atoms with Crippen molar-refractivity contribution in [3.05, 3.63) is 35.9 Å². The van der Waals surface area contributed by atoms with Crippen molar-refractivity contribution >= 4 is 5.84 Å². The minimum atomic E-state index is -0.335. The summed E-state index contributed by atoms with van der Waals surface area (Å²) in [6.45, 7) is 5.40. The molecule has 0 fully saturated rings. The second-order valence-corrected chi connectivity index (χ2v) is 5.59. The lowest BCUT2D eigenvalue weighted by Gasteiger charge is -2.31. The van der Waals surface area contributed by atoms with E-state index in [2.05, 4.69) is 28.8 Å². The molecule has 1 aromatic rings. The Morgan fingerprint density at radius 1 is 1.27 bits per heavy atom. The molecule has 0 spiro atoms. The van der Waals surface area contributed by atoms with Gasteiger partial charge in [0.25, 0.3) is 5.88 Å². The van der Waals surface area contributed by atoms with Gasteiger partial charge in [-0.05, 0) is 12.3 Å². The maximum atomic E-state index is 9.82. The van der Waals surface area contributed by atoms with Crippen molar-refractivity contribution in [2.45, 2.75) is 39.5 Å². The lowest BCUT2D eigenvalue weighted by molar-refractivity contribution is 0.245. The Morgan fingerprint density at radius 3 is 2.73 bits per heavy atom. The largest absolute Gasteiger partial charge is 0.506 e. The second kappa shape index (κ2) is 7.77. The highest BCUT2D eigenvalue weighted by atomic mass is 16.3. The smallest absolute Gasteiger partial charge is 0.253 e. The molecule has 1 aliphatic heterocycles. The van der Waals surface area contributed by atoms with E-state index < -0.39 is 0 Å². The van der Waals surface area contributed by atoms with Crippen LogP contribution in [0.25, 0.3) is 0 Å². The van der Waals surface area contributed by atoms with Crippen LogP contribution in [0.1, 0.15) is 45.2 Å². The van der Waals surface area contributed by atoms with Crippen LogP contribution in [0, 0.1) is 5.92 Å². The first-order valence-electron chi connectivity index (χ1n) is 7.86. The quantitative estimate of drug-likeness (QED) is 0.809. The minimum absolute atomic E-state index is 0.0991. The number of aliphatic hydroxyl groups is 2. The van der Waals surface area contributed by atoms with Gasteiger partial charge >= 0.3 is 0 Å². The third-order valence-electron chi connectivity index (χ3n) is 3.92. The number of aromatic nitrogens is 2. The van der Waals surface area contributed by atoms with Gasteiger partial charge in [0.2, 0.25) is 0 Å². The van der Waals surface area contributed by atoms with Crippen molar-refractivity contribution in [2.75, 3.05) is 13.1 Å². The fraction of sp³-hybridized carbons (Fsp3) is 0.562. The fourth-order valence-corrected chi connectivity index (χ4v) is 2.58. The van der Waals surface area contributed by atoms with Crippen molar-refractivity contribution in [3.63, 3.8) is 0 Å². The monoisotopic (exact) mass is 304 g/mol. The van der Waals surface area contributed by atoms with E-state index in [0.717, 1.165) is 19.4 Å². The summed E-state index contributed by atoms with van der Waals surface area (Å²) in [4.78, 5) is 14.4. The first kappa shape index (κ1) is 16.3. The van der Waals surface area contributed by atoms with E-state index in [4.69, 9.17) is 0 Å². The molecule has 1 aromatic heterocycles. The number of amidine groups is 1. The number of hydrogen-bond acceptors (Lipinski definition) is 6. The van der Waals surface area contributed by atoms with Crippen LogP contribution >= 0.6 is 0 Å². The summed E-state index contributed by atoms with van der Waals surface area (Å²) in [5.74, 6) is 0.657. The molecular formula is C16H24N4O2. The Kier molecular flexibility index (Phi) is 5.75. The van der Waals surface area contributed by atoms with Crippen molar-refractivity contribution < 1.29 is 10.2 Å². The normalized spacial score (nSPS) is 16.6. The predicted molar refractivity (Wildman–Crippen MR) is 85.7 cm³/mol. The lowest BCUT2D eigenvalue weighted by atomic mass is 9.98. The van der Waals surface area contributed by atoms with Crippen LogP contribution in [-0.4, -0.2) is 44.0 Å². The topological polar surface area (TPSA) is 81.8 Å². The molecule has 0 saturated carbocycles. The average molecular weight is 304 g/mol. The highest BCUT2D eigenvalue weighted by Crippen LogP contribution is 2.20. The summed E-state index contributed by atoms with van der Waals surface area (Å²) in [5, 5.41) is 19.5. The summed E-state index contributed by atoms with van der Waals surface area (Å²) in [7, 11) is 0. The summed E-state index contributed by atoms with van der Waals surface area (Å²) in [5.41, 5.74) is 0.604. The highest BCUT2D eigenvalue weighted by Gasteiger charge is 2.25. The zero-order valence-corrected chi connectivity index (χ0v) is 13.2. The van der Waals surface area contributed by atoms with Gasteiger partial charge in [-0.2, -0.15) is 4.99 Å². The molecule has 6 heteroatoms. The third kappa shape index (κ3) is 3.96. The molecule has 0 aliphatic carbocycles. The van der Waals surface area contributed by atoms with Gasteiger partial charge in [0.15, 0.2) is 11.6 Å². The third-order valence-corrected chi connectivity index (χ3v) is 3.92. The van der Waals surface area contributed by atoms with Crippen LogP contribution in [0.4, 0.5) is 0 Å². The lowest BCUT2D eigenvalue weighted by Crippen LogP contribution is -2.40. The molecule has 0 bridgehead atoms. The van der Waals surface area contributed by atoms with Gasteiger partial charge in [0.1, 0.15) is 5.69 Å². The molecule has 0 radical (unpaired) electrons. The first-order valence-corrected chi connectivity index (χ1v) is 7.86. The zero-order chi connectivity index (χ0) is 15.9. The molecule has 0 saturated heterocycles. The van der Waals surface area contributed by atoms with Gasteiger partial charge in [-0.25, -0.2) is 4.98 Å². The summed E-state index contributed by atoms with van der Waals surface area (Å²) >= 11 is 0. The predicted octanol–water partition coefficient (Wildman–Crippen LogP) is 3.04. The van der Waals surface area contributed by atoms with Gasteiger partial charge in [-0.3, -0.25) is 4.98 Å². The standard InChI is InChI=1S/C16H24N4O2/c1-3-5-6-12(4-2)10-20-11-14(21)16(22)19-15(20)13-9-17-7-8-18-13/h7-9,12,21-22H,3-6,10-11H2,1-2H3. The summed E-state index contributed by atoms with van der Waals surface area (Å²) in [6.07, 6.45) is 9.40. The van der Waals surface area contributed by atoms with E-state index in [1.807, 2.05) is 4.90 Å². The van der Waals surface area contributed by atoms with E-state index in [1.165, 1.54) is 12.8 Å². The van der Waals surface area contributed by atoms with E-state index in [9.17, 15) is 10.2 Å². The van der Waals surface area contributed by atoms with Crippen molar-refractivity contribution in [2.24, 2.45) is 10.9 Å². The zero-order valence-electron chi connectivity index (χ0n) is 13.2. The highest BCUT2D eigenvalue weighted by molar-refractivity contribution is 5.98. The van der Waals surface area contributed by atoms with Crippen LogP contribution in [0.5, 0.6) is 0 Å². The Hall–Kier alpha value is -2.11. The molecule has 2 N–H and O–H groups in total. The molecule has 1 atom stereocenters. The Labute approximate surface area is 131 Å². The maximum absolute atomic E-state index is 9.82. The average Bonchev–Trinajstić information content (AvgIpc) is 2.55. The number of hydrogen-bond donors (Lipinski definition) is 2. The Balaban J connectivity index is 2.20. The van der Waals surface area contributed by atoms with Gasteiger partial charge < -0.3 is 15.1 Å². The van der Waals surface area contributed by atoms with Crippen molar-refractivity contribution in [1.82, 2.24) is 14.9 Å². The molecule has 22 heavy (non-hydrogen) atoms.